The van der Waals surface area contributed by atoms with E-state index in [0.717, 1.165) is 17.4 Å². The van der Waals surface area contributed by atoms with Crippen molar-refractivity contribution < 1.29 is 0 Å². The van der Waals surface area contributed by atoms with Gasteiger partial charge < -0.3 is 5.32 Å². The van der Waals surface area contributed by atoms with Crippen molar-refractivity contribution in [3.63, 3.8) is 0 Å². The van der Waals surface area contributed by atoms with Gasteiger partial charge in [0, 0.05) is 11.1 Å². The van der Waals surface area contributed by atoms with Crippen molar-refractivity contribution >= 4 is 22.3 Å². The molecule has 0 amide bonds. The van der Waals surface area contributed by atoms with Crippen LogP contribution in [0.15, 0.2) is 24.4 Å². The van der Waals surface area contributed by atoms with Crippen LogP contribution in [0.3, 0.4) is 0 Å². The van der Waals surface area contributed by atoms with Gasteiger partial charge in [-0.1, -0.05) is 12.5 Å². The highest BCUT2D eigenvalue weighted by atomic mass is 32.1. The number of pyridine rings is 1. The van der Waals surface area contributed by atoms with Gasteiger partial charge in [0.05, 0.1) is 5.69 Å². The SMILES string of the molecule is c1ccc(Nc2nc3c(s2)CCCCC3)nc1. The third-order valence-electron chi connectivity index (χ3n) is 3.00. The highest BCUT2D eigenvalue weighted by Gasteiger charge is 2.13. The lowest BCUT2D eigenvalue weighted by molar-refractivity contribution is 0.709. The fourth-order valence-corrected chi connectivity index (χ4v) is 3.19. The number of hydrogen-bond acceptors (Lipinski definition) is 4. The average molecular weight is 245 g/mol. The molecule has 0 atom stereocenters. The number of aryl methyl sites for hydroxylation is 2. The first kappa shape index (κ1) is 10.7. The zero-order valence-corrected chi connectivity index (χ0v) is 10.5. The molecule has 2 aromatic rings. The third kappa shape index (κ3) is 2.47. The third-order valence-corrected chi connectivity index (χ3v) is 4.07. The molecule has 0 spiro atoms. The molecule has 2 heterocycles. The van der Waals surface area contributed by atoms with Crippen molar-refractivity contribution in [1.82, 2.24) is 9.97 Å². The van der Waals surface area contributed by atoms with Gasteiger partial charge in [0.25, 0.3) is 0 Å². The van der Waals surface area contributed by atoms with Gasteiger partial charge in [0.15, 0.2) is 5.13 Å². The molecule has 1 aliphatic carbocycles. The van der Waals surface area contributed by atoms with Crippen LogP contribution in [0.4, 0.5) is 10.9 Å². The number of hydrogen-bond donors (Lipinski definition) is 1. The Labute approximate surface area is 105 Å². The van der Waals surface area contributed by atoms with Gasteiger partial charge in [-0.25, -0.2) is 9.97 Å². The second-order valence-corrected chi connectivity index (χ2v) is 5.37. The van der Waals surface area contributed by atoms with Gasteiger partial charge in [-0.2, -0.15) is 0 Å². The molecule has 0 radical (unpaired) electrons. The fourth-order valence-electron chi connectivity index (χ4n) is 2.13. The van der Waals surface area contributed by atoms with Gasteiger partial charge in [0.2, 0.25) is 0 Å². The average Bonchev–Trinajstić information content (AvgIpc) is 2.60. The zero-order chi connectivity index (χ0) is 11.5. The minimum Gasteiger partial charge on any atom is -0.316 e. The van der Waals surface area contributed by atoms with E-state index >= 15 is 0 Å². The number of aromatic nitrogens is 2. The Bertz CT molecular complexity index is 469. The Kier molecular flexibility index (Phi) is 3.05. The predicted octanol–water partition coefficient (Wildman–Crippen LogP) is 3.55. The summed E-state index contributed by atoms with van der Waals surface area (Å²) in [5, 5.41) is 4.26. The Morgan fingerprint density at radius 2 is 2.06 bits per heavy atom. The summed E-state index contributed by atoms with van der Waals surface area (Å²) in [5.74, 6) is 0.872. The maximum atomic E-state index is 4.67. The van der Waals surface area contributed by atoms with E-state index in [0.29, 0.717) is 0 Å². The molecule has 0 aliphatic heterocycles. The van der Waals surface area contributed by atoms with Crippen LogP contribution in [0.1, 0.15) is 29.8 Å². The topological polar surface area (TPSA) is 37.8 Å². The molecule has 17 heavy (non-hydrogen) atoms. The van der Waals surface area contributed by atoms with Crippen LogP contribution in [0, 0.1) is 0 Å². The van der Waals surface area contributed by atoms with Crippen molar-refractivity contribution in [3.05, 3.63) is 35.0 Å². The zero-order valence-electron chi connectivity index (χ0n) is 9.65. The Balaban J connectivity index is 1.81. The van der Waals surface area contributed by atoms with Crippen molar-refractivity contribution in [2.75, 3.05) is 5.32 Å². The van der Waals surface area contributed by atoms with Crippen LogP contribution >= 0.6 is 11.3 Å². The maximum absolute atomic E-state index is 4.67. The van der Waals surface area contributed by atoms with Crippen molar-refractivity contribution in [2.45, 2.75) is 32.1 Å². The summed E-state index contributed by atoms with van der Waals surface area (Å²) in [4.78, 5) is 10.4. The van der Waals surface area contributed by atoms with Crippen molar-refractivity contribution in [3.8, 4) is 0 Å². The summed E-state index contributed by atoms with van der Waals surface area (Å²) in [6.07, 6.45) is 8.04. The van der Waals surface area contributed by atoms with E-state index in [4.69, 9.17) is 0 Å². The molecule has 1 aliphatic rings. The highest BCUT2D eigenvalue weighted by Crippen LogP contribution is 2.30. The minimum absolute atomic E-state index is 0.872. The smallest absolute Gasteiger partial charge is 0.188 e. The molecule has 2 aromatic heterocycles. The number of rotatable bonds is 2. The molecule has 0 saturated carbocycles. The molecule has 88 valence electrons. The lowest BCUT2D eigenvalue weighted by atomic mass is 10.2. The van der Waals surface area contributed by atoms with Crippen LogP contribution in [-0.4, -0.2) is 9.97 Å². The van der Waals surface area contributed by atoms with Crippen LogP contribution in [0.5, 0.6) is 0 Å². The highest BCUT2D eigenvalue weighted by molar-refractivity contribution is 7.15. The Morgan fingerprint density at radius 3 is 2.94 bits per heavy atom. The lowest BCUT2D eigenvalue weighted by Gasteiger charge is -1.99. The molecule has 4 heteroatoms. The first-order valence-electron chi connectivity index (χ1n) is 6.08. The number of anilines is 2. The summed E-state index contributed by atoms with van der Waals surface area (Å²) >= 11 is 1.78. The number of nitrogens with zero attached hydrogens (tertiary/aromatic N) is 2. The number of fused-ring (bicyclic) bond motifs is 1. The van der Waals surface area contributed by atoms with Gasteiger partial charge in [-0.15, -0.1) is 11.3 Å². The van der Waals surface area contributed by atoms with Crippen LogP contribution < -0.4 is 5.32 Å². The molecule has 3 rings (SSSR count). The first-order valence-corrected chi connectivity index (χ1v) is 6.90. The molecule has 0 bridgehead atoms. The predicted molar refractivity (Wildman–Crippen MR) is 70.9 cm³/mol. The summed E-state index contributed by atoms with van der Waals surface area (Å²) in [5.41, 5.74) is 1.30. The molecular formula is C13H15N3S. The normalized spacial score (nSPS) is 15.1. The van der Waals surface area contributed by atoms with Crippen molar-refractivity contribution in [1.29, 1.82) is 0 Å². The van der Waals surface area contributed by atoms with Gasteiger partial charge in [0.1, 0.15) is 5.82 Å². The summed E-state index contributed by atoms with van der Waals surface area (Å²) in [7, 11) is 0. The monoisotopic (exact) mass is 245 g/mol. The molecule has 0 saturated heterocycles. The maximum Gasteiger partial charge on any atom is 0.188 e. The fraction of sp³-hybridized carbons (Fsp3) is 0.385. The van der Waals surface area contributed by atoms with Gasteiger partial charge in [-0.3, -0.25) is 0 Å². The largest absolute Gasteiger partial charge is 0.316 e. The lowest BCUT2D eigenvalue weighted by Crippen LogP contribution is -1.92. The molecule has 0 fully saturated rings. The summed E-state index contributed by atoms with van der Waals surface area (Å²) < 4.78 is 0. The van der Waals surface area contributed by atoms with E-state index in [1.54, 1.807) is 17.5 Å². The molecule has 1 N–H and O–H groups in total. The molecule has 0 aromatic carbocycles. The second-order valence-electron chi connectivity index (χ2n) is 4.29. The van der Waals surface area contributed by atoms with Crippen LogP contribution in [-0.2, 0) is 12.8 Å². The first-order chi connectivity index (χ1) is 8.42. The van der Waals surface area contributed by atoms with Crippen LogP contribution in [0.2, 0.25) is 0 Å². The molecular weight excluding hydrogens is 230 g/mol. The Morgan fingerprint density at radius 1 is 1.12 bits per heavy atom. The summed E-state index contributed by atoms with van der Waals surface area (Å²) in [6.45, 7) is 0. The summed E-state index contributed by atoms with van der Waals surface area (Å²) in [6, 6.07) is 5.86. The van der Waals surface area contributed by atoms with E-state index in [2.05, 4.69) is 15.3 Å². The molecule has 0 unspecified atom stereocenters. The van der Waals surface area contributed by atoms with E-state index in [1.165, 1.54) is 36.3 Å². The minimum atomic E-state index is 0.872. The van der Waals surface area contributed by atoms with E-state index in [-0.39, 0.29) is 0 Å². The van der Waals surface area contributed by atoms with Gasteiger partial charge in [-0.05, 0) is 37.8 Å². The van der Waals surface area contributed by atoms with Crippen LogP contribution in [0.25, 0.3) is 0 Å². The standard InChI is InChI=1S/C13H15N3S/c1-2-6-10-11(7-3-1)17-13(15-10)16-12-8-4-5-9-14-12/h4-5,8-9H,1-3,6-7H2,(H,14,15,16). The van der Waals surface area contributed by atoms with Gasteiger partial charge >= 0.3 is 0 Å². The number of nitrogens with one attached hydrogen (secondary N) is 1. The van der Waals surface area contributed by atoms with E-state index in [1.807, 2.05) is 18.2 Å². The number of thiazole rings is 1. The molecule has 3 nitrogen and oxygen atoms in total. The van der Waals surface area contributed by atoms with E-state index < -0.39 is 0 Å². The van der Waals surface area contributed by atoms with Crippen molar-refractivity contribution in [2.24, 2.45) is 0 Å². The van der Waals surface area contributed by atoms with E-state index in [9.17, 15) is 0 Å². The Hall–Kier alpha value is -1.42. The second kappa shape index (κ2) is 4.84. The quantitative estimate of drug-likeness (QED) is 0.822.